The van der Waals surface area contributed by atoms with Gasteiger partial charge in [0.05, 0.1) is 35.1 Å². The van der Waals surface area contributed by atoms with Gasteiger partial charge in [-0.1, -0.05) is 17.3 Å². The molecule has 0 fully saturated rings. The molecular weight excluding hydrogens is 394 g/mol. The lowest BCUT2D eigenvalue weighted by molar-refractivity contribution is 0.0986. The summed E-state index contributed by atoms with van der Waals surface area (Å²) in [5.74, 6) is 2.09. The first-order chi connectivity index (χ1) is 15.0. The van der Waals surface area contributed by atoms with Crippen molar-refractivity contribution < 1.29 is 18.5 Å². The van der Waals surface area contributed by atoms with Crippen molar-refractivity contribution in [3.05, 3.63) is 58.7 Å². The molecule has 1 aliphatic rings. The molecule has 0 unspecified atom stereocenters. The molecule has 0 radical (unpaired) electrons. The molecule has 0 atom stereocenters. The first-order valence-electron chi connectivity index (χ1n) is 10.3. The molecule has 1 aliphatic heterocycles. The molecule has 0 aliphatic carbocycles. The highest BCUT2D eigenvalue weighted by Crippen LogP contribution is 2.38. The minimum Gasteiger partial charge on any atom is -0.495 e. The van der Waals surface area contributed by atoms with Crippen molar-refractivity contribution in [2.45, 2.75) is 33.6 Å². The van der Waals surface area contributed by atoms with E-state index in [1.807, 2.05) is 51.1 Å². The van der Waals surface area contributed by atoms with Crippen molar-refractivity contribution in [2.75, 3.05) is 18.6 Å². The number of benzene rings is 1. The van der Waals surface area contributed by atoms with Crippen LogP contribution in [0.2, 0.25) is 0 Å². The van der Waals surface area contributed by atoms with E-state index in [1.54, 1.807) is 12.0 Å². The first-order valence-corrected chi connectivity index (χ1v) is 10.3. The van der Waals surface area contributed by atoms with Gasteiger partial charge in [0.15, 0.2) is 0 Å². The molecule has 158 valence electrons. The van der Waals surface area contributed by atoms with E-state index in [4.69, 9.17) is 13.7 Å². The highest BCUT2D eigenvalue weighted by atomic mass is 16.5. The number of aromatic nitrogens is 2. The van der Waals surface area contributed by atoms with Crippen LogP contribution in [0.4, 0.5) is 5.69 Å². The molecule has 1 aromatic carbocycles. The molecule has 4 heterocycles. The Morgan fingerprint density at radius 1 is 1.19 bits per heavy atom. The average Bonchev–Trinajstić information content (AvgIpc) is 3.32. The number of hydrogen-bond acceptors (Lipinski definition) is 6. The number of fused-ring (bicyclic) bond motifs is 2. The molecule has 0 N–H and O–H groups in total. The van der Waals surface area contributed by atoms with Crippen LogP contribution >= 0.6 is 0 Å². The van der Waals surface area contributed by atoms with Crippen LogP contribution in [0.15, 0.2) is 39.3 Å². The Bertz CT molecular complexity index is 1300. The molecule has 7 nitrogen and oxygen atoms in total. The summed E-state index contributed by atoms with van der Waals surface area (Å²) in [4.78, 5) is 20.3. The van der Waals surface area contributed by atoms with E-state index in [1.165, 1.54) is 0 Å². The van der Waals surface area contributed by atoms with Crippen LogP contribution in [0.25, 0.3) is 22.4 Å². The molecule has 0 bridgehead atoms. The molecule has 0 spiro atoms. The lowest BCUT2D eigenvalue weighted by Gasteiger charge is -2.31. The van der Waals surface area contributed by atoms with Crippen molar-refractivity contribution >= 4 is 22.7 Å². The molecule has 31 heavy (non-hydrogen) atoms. The second kappa shape index (κ2) is 7.27. The van der Waals surface area contributed by atoms with E-state index in [9.17, 15) is 4.79 Å². The number of amides is 1. The van der Waals surface area contributed by atoms with Crippen molar-refractivity contribution in [1.82, 2.24) is 10.1 Å². The molecule has 3 aromatic heterocycles. The Morgan fingerprint density at radius 3 is 2.77 bits per heavy atom. The average molecular weight is 417 g/mol. The Labute approximate surface area is 179 Å². The van der Waals surface area contributed by atoms with E-state index in [0.29, 0.717) is 40.3 Å². The van der Waals surface area contributed by atoms with E-state index < -0.39 is 0 Å². The van der Waals surface area contributed by atoms with Crippen LogP contribution in [-0.4, -0.2) is 29.7 Å². The summed E-state index contributed by atoms with van der Waals surface area (Å²) in [7, 11) is 1.63. The lowest BCUT2D eigenvalue weighted by Crippen LogP contribution is -2.36. The van der Waals surface area contributed by atoms with E-state index in [-0.39, 0.29) is 5.91 Å². The van der Waals surface area contributed by atoms with Crippen LogP contribution in [0.5, 0.6) is 5.75 Å². The fraction of sp³-hybridized carbons (Fsp3) is 0.292. The molecule has 4 aromatic rings. The van der Waals surface area contributed by atoms with Gasteiger partial charge in [-0.25, -0.2) is 4.98 Å². The van der Waals surface area contributed by atoms with Gasteiger partial charge >= 0.3 is 0 Å². The van der Waals surface area contributed by atoms with E-state index in [0.717, 1.165) is 41.2 Å². The van der Waals surface area contributed by atoms with Crippen LogP contribution in [-0.2, 0) is 6.42 Å². The van der Waals surface area contributed by atoms with Crippen LogP contribution in [0.1, 0.15) is 39.6 Å². The maximum Gasteiger partial charge on any atom is 0.259 e. The number of rotatable bonds is 3. The predicted octanol–water partition coefficient (Wildman–Crippen LogP) is 5.01. The van der Waals surface area contributed by atoms with E-state index in [2.05, 4.69) is 10.1 Å². The highest BCUT2D eigenvalue weighted by molar-refractivity contribution is 6.15. The number of anilines is 1. The fourth-order valence-corrected chi connectivity index (χ4v) is 4.41. The maximum atomic E-state index is 13.9. The number of nitrogens with zero attached hydrogens (tertiary/aromatic N) is 3. The summed E-state index contributed by atoms with van der Waals surface area (Å²) in [6, 6.07) is 9.63. The fourth-order valence-electron chi connectivity index (χ4n) is 4.41. The number of carbonyl (C=O) groups is 1. The monoisotopic (exact) mass is 417 g/mol. The zero-order valence-electron chi connectivity index (χ0n) is 18.0. The maximum absolute atomic E-state index is 13.9. The normalized spacial score (nSPS) is 13.5. The van der Waals surface area contributed by atoms with Gasteiger partial charge in [0.25, 0.3) is 11.6 Å². The smallest absolute Gasteiger partial charge is 0.259 e. The zero-order valence-corrected chi connectivity index (χ0v) is 18.0. The highest BCUT2D eigenvalue weighted by Gasteiger charge is 2.30. The lowest BCUT2D eigenvalue weighted by atomic mass is 9.98. The summed E-state index contributed by atoms with van der Waals surface area (Å²) in [5, 5.41) is 4.70. The van der Waals surface area contributed by atoms with Gasteiger partial charge in [0, 0.05) is 12.1 Å². The van der Waals surface area contributed by atoms with Gasteiger partial charge in [-0.3, -0.25) is 4.79 Å². The number of furan rings is 1. The number of pyridine rings is 1. The minimum absolute atomic E-state index is 0.122. The predicted molar refractivity (Wildman–Crippen MR) is 117 cm³/mol. The van der Waals surface area contributed by atoms with Gasteiger partial charge in [-0.2, -0.15) is 0 Å². The van der Waals surface area contributed by atoms with Crippen LogP contribution < -0.4 is 9.64 Å². The molecule has 5 rings (SSSR count). The Kier molecular flexibility index (Phi) is 4.54. The molecule has 1 amide bonds. The third kappa shape index (κ3) is 3.08. The summed E-state index contributed by atoms with van der Waals surface area (Å²) in [6.07, 6.45) is 1.79. The number of hydrogen-bond donors (Lipinski definition) is 0. The van der Waals surface area contributed by atoms with Gasteiger partial charge < -0.3 is 18.6 Å². The minimum atomic E-state index is -0.122. The first kappa shape index (κ1) is 19.4. The van der Waals surface area contributed by atoms with Crippen LogP contribution in [0.3, 0.4) is 0 Å². The Morgan fingerprint density at radius 2 is 2.03 bits per heavy atom. The molecule has 7 heteroatoms. The van der Waals surface area contributed by atoms with Crippen molar-refractivity contribution in [1.29, 1.82) is 0 Å². The second-order valence-electron chi connectivity index (χ2n) is 7.86. The SMILES string of the molecule is COc1cccc2c1N(C(=O)c1cc(-c3cc(C)oc3C)nc3onc(C)c13)CCC2. The standard InChI is InChI=1S/C24H23N3O4/c1-13-11-17(15(3)30-13)19-12-18(21-14(2)26-31-23(21)25-19)24(28)27-10-6-8-16-7-5-9-20(29-4)22(16)27/h5,7,9,11-12H,6,8,10H2,1-4H3. The summed E-state index contributed by atoms with van der Waals surface area (Å²) in [6.45, 7) is 6.20. The van der Waals surface area contributed by atoms with Crippen LogP contribution in [0, 0.1) is 20.8 Å². The number of ether oxygens (including phenoxy) is 1. The molecule has 0 saturated carbocycles. The van der Waals surface area contributed by atoms with Gasteiger partial charge in [0.2, 0.25) is 0 Å². The third-order valence-corrected chi connectivity index (χ3v) is 5.81. The number of methoxy groups -OCH3 is 1. The van der Waals surface area contributed by atoms with Gasteiger partial charge in [0.1, 0.15) is 17.3 Å². The van der Waals surface area contributed by atoms with Gasteiger partial charge in [-0.05, 0) is 57.4 Å². The van der Waals surface area contributed by atoms with Crippen molar-refractivity contribution in [2.24, 2.45) is 0 Å². The number of carbonyl (C=O) groups excluding carboxylic acids is 1. The second-order valence-corrected chi connectivity index (χ2v) is 7.86. The Hall–Kier alpha value is -3.61. The summed E-state index contributed by atoms with van der Waals surface area (Å²) in [5.41, 5.74) is 4.88. The van der Waals surface area contributed by atoms with Crippen molar-refractivity contribution in [3.63, 3.8) is 0 Å². The number of para-hydroxylation sites is 1. The van der Waals surface area contributed by atoms with E-state index >= 15 is 0 Å². The molecule has 0 saturated heterocycles. The topological polar surface area (TPSA) is 81.6 Å². The largest absolute Gasteiger partial charge is 0.495 e. The third-order valence-electron chi connectivity index (χ3n) is 5.81. The Balaban J connectivity index is 1.70. The zero-order chi connectivity index (χ0) is 21.7. The molecular formula is C24H23N3O4. The quantitative estimate of drug-likeness (QED) is 0.466. The summed E-state index contributed by atoms with van der Waals surface area (Å²) < 4.78 is 16.7. The summed E-state index contributed by atoms with van der Waals surface area (Å²) >= 11 is 0. The van der Waals surface area contributed by atoms with Crippen molar-refractivity contribution in [3.8, 4) is 17.0 Å². The number of aryl methyl sites for hydroxylation is 4. The van der Waals surface area contributed by atoms with Gasteiger partial charge in [-0.15, -0.1) is 0 Å².